The minimum absolute atomic E-state index is 0.301. The van der Waals surface area contributed by atoms with Crippen molar-refractivity contribution >= 4 is 5.88 Å². The first-order chi connectivity index (χ1) is 8.61. The quantitative estimate of drug-likeness (QED) is 0.895. The Morgan fingerprint density at radius 2 is 2.11 bits per heavy atom. The van der Waals surface area contributed by atoms with Crippen molar-refractivity contribution in [2.45, 2.75) is 6.54 Å². The van der Waals surface area contributed by atoms with E-state index in [9.17, 15) is 0 Å². The van der Waals surface area contributed by atoms with Crippen molar-refractivity contribution in [3.8, 4) is 16.9 Å². The van der Waals surface area contributed by atoms with E-state index >= 15 is 0 Å². The van der Waals surface area contributed by atoms with Gasteiger partial charge >= 0.3 is 0 Å². The summed E-state index contributed by atoms with van der Waals surface area (Å²) >= 11 is 0. The van der Waals surface area contributed by atoms with Crippen LogP contribution in [0.5, 0.6) is 5.75 Å². The first-order valence-electron chi connectivity index (χ1n) is 5.64. The number of hydrogen-bond donors (Lipinski definition) is 1. The second-order valence-electron chi connectivity index (χ2n) is 4.38. The average Bonchev–Trinajstić information content (AvgIpc) is 2.74. The van der Waals surface area contributed by atoms with Gasteiger partial charge in [-0.05, 0) is 31.8 Å². The van der Waals surface area contributed by atoms with Crippen LogP contribution in [0.2, 0.25) is 0 Å². The number of anilines is 1. The Morgan fingerprint density at radius 3 is 2.67 bits per heavy atom. The minimum Gasteiger partial charge on any atom is -0.496 e. The highest BCUT2D eigenvalue weighted by atomic mass is 16.5. The molecule has 1 aromatic carbocycles. The molecular formula is C13H17N3O2. The molecule has 5 heteroatoms. The van der Waals surface area contributed by atoms with Gasteiger partial charge in [0.05, 0.1) is 18.9 Å². The van der Waals surface area contributed by atoms with E-state index in [1.54, 1.807) is 13.3 Å². The summed E-state index contributed by atoms with van der Waals surface area (Å²) in [7, 11) is 5.68. The lowest BCUT2D eigenvalue weighted by Gasteiger charge is -2.13. The molecule has 0 amide bonds. The number of methoxy groups -OCH3 is 1. The molecule has 0 spiro atoms. The number of nitrogens with two attached hydrogens (primary N) is 1. The van der Waals surface area contributed by atoms with Gasteiger partial charge in [0.1, 0.15) is 5.75 Å². The first kappa shape index (κ1) is 12.4. The average molecular weight is 247 g/mol. The molecule has 2 N–H and O–H groups in total. The van der Waals surface area contributed by atoms with Crippen molar-refractivity contribution in [3.63, 3.8) is 0 Å². The van der Waals surface area contributed by atoms with Gasteiger partial charge in [-0.25, -0.2) is 0 Å². The third-order valence-corrected chi connectivity index (χ3v) is 2.65. The second-order valence-corrected chi connectivity index (χ2v) is 4.38. The maximum Gasteiger partial charge on any atom is 0.230 e. The van der Waals surface area contributed by atoms with E-state index in [0.29, 0.717) is 5.88 Å². The van der Waals surface area contributed by atoms with Crippen LogP contribution in [0.3, 0.4) is 0 Å². The molecule has 96 valence electrons. The molecule has 0 saturated carbocycles. The molecular weight excluding hydrogens is 230 g/mol. The Labute approximate surface area is 106 Å². The summed E-state index contributed by atoms with van der Waals surface area (Å²) < 4.78 is 10.2. The standard InChI is InChI=1S/C13H17N3O2/c1-16(2)8-9-4-5-12(17-3)10(6-9)11-7-15-18-13(11)14/h4-7H,8,14H2,1-3H3. The van der Waals surface area contributed by atoms with Crippen LogP contribution < -0.4 is 10.5 Å². The molecule has 1 aromatic heterocycles. The topological polar surface area (TPSA) is 64.5 Å². The van der Waals surface area contributed by atoms with Gasteiger partial charge in [-0.15, -0.1) is 0 Å². The molecule has 18 heavy (non-hydrogen) atoms. The highest BCUT2D eigenvalue weighted by Gasteiger charge is 2.13. The largest absolute Gasteiger partial charge is 0.496 e. The smallest absolute Gasteiger partial charge is 0.230 e. The van der Waals surface area contributed by atoms with Gasteiger partial charge in [-0.1, -0.05) is 11.2 Å². The predicted octanol–water partition coefficient (Wildman–Crippen LogP) is 1.99. The number of hydrogen-bond acceptors (Lipinski definition) is 5. The third kappa shape index (κ3) is 2.46. The molecule has 0 bridgehead atoms. The normalized spacial score (nSPS) is 10.9. The Hall–Kier alpha value is -2.01. The van der Waals surface area contributed by atoms with Crippen molar-refractivity contribution in [3.05, 3.63) is 30.0 Å². The van der Waals surface area contributed by atoms with Gasteiger partial charge in [-0.2, -0.15) is 0 Å². The Morgan fingerprint density at radius 1 is 1.33 bits per heavy atom. The lowest BCUT2D eigenvalue weighted by atomic mass is 10.0. The van der Waals surface area contributed by atoms with Crippen molar-refractivity contribution in [2.75, 3.05) is 26.9 Å². The van der Waals surface area contributed by atoms with Crippen LogP contribution in [0.25, 0.3) is 11.1 Å². The lowest BCUT2D eigenvalue weighted by Crippen LogP contribution is -2.10. The zero-order valence-electron chi connectivity index (χ0n) is 10.8. The molecule has 0 aliphatic rings. The fourth-order valence-corrected chi connectivity index (χ4v) is 1.88. The van der Waals surface area contributed by atoms with E-state index in [4.69, 9.17) is 15.0 Å². The SMILES string of the molecule is COc1ccc(CN(C)C)cc1-c1cnoc1N. The molecule has 0 atom stereocenters. The number of aromatic nitrogens is 1. The highest BCUT2D eigenvalue weighted by Crippen LogP contribution is 2.34. The van der Waals surface area contributed by atoms with Crippen LogP contribution in [-0.2, 0) is 6.54 Å². The minimum atomic E-state index is 0.301. The molecule has 0 unspecified atom stereocenters. The summed E-state index contributed by atoms with van der Waals surface area (Å²) in [6, 6.07) is 6.01. The van der Waals surface area contributed by atoms with Crippen LogP contribution in [0.4, 0.5) is 5.88 Å². The molecule has 5 nitrogen and oxygen atoms in total. The number of nitrogen functional groups attached to an aromatic ring is 1. The zero-order valence-corrected chi connectivity index (χ0v) is 10.8. The van der Waals surface area contributed by atoms with Crippen LogP contribution >= 0.6 is 0 Å². The maximum atomic E-state index is 5.75. The molecule has 0 aliphatic carbocycles. The van der Waals surface area contributed by atoms with Crippen LogP contribution in [0, 0.1) is 0 Å². The molecule has 0 radical (unpaired) electrons. The maximum absolute atomic E-state index is 5.75. The van der Waals surface area contributed by atoms with E-state index in [0.717, 1.165) is 23.4 Å². The highest BCUT2D eigenvalue weighted by molar-refractivity contribution is 5.77. The summed E-state index contributed by atoms with van der Waals surface area (Å²) in [6.07, 6.45) is 1.60. The fraction of sp³-hybridized carbons (Fsp3) is 0.308. The summed E-state index contributed by atoms with van der Waals surface area (Å²) in [5.41, 5.74) is 8.59. The van der Waals surface area contributed by atoms with E-state index in [1.165, 1.54) is 5.56 Å². The van der Waals surface area contributed by atoms with E-state index in [2.05, 4.69) is 10.1 Å². The summed E-state index contributed by atoms with van der Waals surface area (Å²) in [4.78, 5) is 2.10. The van der Waals surface area contributed by atoms with Gasteiger partial charge < -0.3 is 19.9 Å². The van der Waals surface area contributed by atoms with Crippen molar-refractivity contribution in [1.82, 2.24) is 10.1 Å². The molecule has 0 fully saturated rings. The van der Waals surface area contributed by atoms with Crippen LogP contribution in [0.15, 0.2) is 28.9 Å². The Balaban J connectivity index is 2.46. The molecule has 0 saturated heterocycles. The van der Waals surface area contributed by atoms with Crippen molar-refractivity contribution in [2.24, 2.45) is 0 Å². The Bertz CT molecular complexity index is 535. The van der Waals surface area contributed by atoms with Gasteiger partial charge in [0.25, 0.3) is 0 Å². The number of nitrogens with zero attached hydrogens (tertiary/aromatic N) is 2. The van der Waals surface area contributed by atoms with E-state index in [1.807, 2.05) is 32.3 Å². The first-order valence-corrected chi connectivity index (χ1v) is 5.64. The second kappa shape index (κ2) is 5.10. The number of rotatable bonds is 4. The van der Waals surface area contributed by atoms with Gasteiger partial charge in [-0.3, -0.25) is 0 Å². The monoisotopic (exact) mass is 247 g/mol. The van der Waals surface area contributed by atoms with Gasteiger partial charge in [0.15, 0.2) is 0 Å². The van der Waals surface area contributed by atoms with Gasteiger partial charge in [0, 0.05) is 12.1 Å². The number of ether oxygens (including phenoxy) is 1. The molecule has 1 heterocycles. The molecule has 2 aromatic rings. The van der Waals surface area contributed by atoms with E-state index < -0.39 is 0 Å². The summed E-state index contributed by atoms with van der Waals surface area (Å²) in [5, 5.41) is 3.70. The summed E-state index contributed by atoms with van der Waals surface area (Å²) in [5.74, 6) is 1.06. The summed E-state index contributed by atoms with van der Waals surface area (Å²) in [6.45, 7) is 0.849. The molecule has 2 rings (SSSR count). The van der Waals surface area contributed by atoms with Crippen molar-refractivity contribution < 1.29 is 9.26 Å². The van der Waals surface area contributed by atoms with Gasteiger partial charge in [0.2, 0.25) is 5.88 Å². The van der Waals surface area contributed by atoms with E-state index in [-0.39, 0.29) is 0 Å². The van der Waals surface area contributed by atoms with Crippen LogP contribution in [0.1, 0.15) is 5.56 Å². The fourth-order valence-electron chi connectivity index (χ4n) is 1.88. The van der Waals surface area contributed by atoms with Crippen molar-refractivity contribution in [1.29, 1.82) is 0 Å². The molecule has 0 aliphatic heterocycles. The Kier molecular flexibility index (Phi) is 3.53. The third-order valence-electron chi connectivity index (χ3n) is 2.65. The van der Waals surface area contributed by atoms with Crippen LogP contribution in [-0.4, -0.2) is 31.3 Å². The zero-order chi connectivity index (χ0) is 13.1. The predicted molar refractivity (Wildman–Crippen MR) is 70.3 cm³/mol. The lowest BCUT2D eigenvalue weighted by molar-refractivity contribution is 0.400. The number of benzene rings is 1.